The number of nitriles is 1. The van der Waals surface area contributed by atoms with E-state index in [0.717, 1.165) is 37.1 Å². The summed E-state index contributed by atoms with van der Waals surface area (Å²) in [5, 5.41) is 9.47. The first-order chi connectivity index (χ1) is 9.73. The molecule has 0 saturated carbocycles. The summed E-state index contributed by atoms with van der Waals surface area (Å²) >= 11 is 0. The second-order valence-electron chi connectivity index (χ2n) is 5.98. The Balaban J connectivity index is 1.87. The van der Waals surface area contributed by atoms with E-state index in [0.29, 0.717) is 19.6 Å². The van der Waals surface area contributed by atoms with E-state index in [2.05, 4.69) is 18.2 Å². The summed E-state index contributed by atoms with van der Waals surface area (Å²) in [6.45, 7) is 1.82. The quantitative estimate of drug-likeness (QED) is 0.779. The van der Waals surface area contributed by atoms with Crippen LogP contribution in [0.25, 0.3) is 0 Å². The molecule has 3 aliphatic rings. The third-order valence-corrected chi connectivity index (χ3v) is 4.74. The number of benzene rings is 1. The number of rotatable bonds is 1. The van der Waals surface area contributed by atoms with Gasteiger partial charge in [-0.05, 0) is 36.0 Å². The van der Waals surface area contributed by atoms with E-state index in [1.54, 1.807) is 0 Å². The van der Waals surface area contributed by atoms with Crippen molar-refractivity contribution < 1.29 is 9.53 Å². The van der Waals surface area contributed by atoms with Crippen LogP contribution in [0, 0.1) is 11.3 Å². The fraction of sp³-hybridized carbons (Fsp3) is 0.500. The van der Waals surface area contributed by atoms with Crippen molar-refractivity contribution in [3.05, 3.63) is 28.8 Å². The normalized spacial score (nSPS) is 22.8. The average molecular weight is 268 g/mol. The zero-order valence-electron chi connectivity index (χ0n) is 11.3. The predicted molar refractivity (Wildman–Crippen MR) is 73.5 cm³/mol. The highest BCUT2D eigenvalue weighted by molar-refractivity contribution is 5.97. The number of hydrogen-bond donors (Lipinski definition) is 0. The van der Waals surface area contributed by atoms with Crippen LogP contribution in [0.2, 0.25) is 0 Å². The lowest BCUT2D eigenvalue weighted by Gasteiger charge is -2.39. The van der Waals surface area contributed by atoms with Gasteiger partial charge in [0.15, 0.2) is 0 Å². The van der Waals surface area contributed by atoms with Crippen molar-refractivity contribution in [3.8, 4) is 6.07 Å². The Labute approximate surface area is 117 Å². The average Bonchev–Trinajstić information content (AvgIpc) is 2.42. The van der Waals surface area contributed by atoms with Crippen molar-refractivity contribution in [2.75, 3.05) is 24.7 Å². The topological polar surface area (TPSA) is 53.3 Å². The molecule has 0 radical (unpaired) electrons. The lowest BCUT2D eigenvalue weighted by molar-refractivity contribution is -0.119. The molecule has 4 nitrogen and oxygen atoms in total. The number of ether oxygens (including phenoxy) is 1. The van der Waals surface area contributed by atoms with Gasteiger partial charge in [0, 0.05) is 13.0 Å². The number of amides is 1. The molecule has 4 rings (SSSR count). The molecule has 1 amide bonds. The Kier molecular flexibility index (Phi) is 2.42. The maximum atomic E-state index is 12.0. The summed E-state index contributed by atoms with van der Waals surface area (Å²) in [5.74, 6) is 0.244. The van der Waals surface area contributed by atoms with Crippen LogP contribution in [0.15, 0.2) is 12.1 Å². The minimum absolute atomic E-state index is 0.244. The van der Waals surface area contributed by atoms with Gasteiger partial charge in [-0.3, -0.25) is 4.79 Å². The molecule has 0 atom stereocenters. The van der Waals surface area contributed by atoms with Gasteiger partial charge in [0.2, 0.25) is 5.91 Å². The molecular weight excluding hydrogens is 252 g/mol. The first-order valence-electron chi connectivity index (χ1n) is 7.19. The Bertz CT molecular complexity index is 623. The monoisotopic (exact) mass is 268 g/mol. The van der Waals surface area contributed by atoms with E-state index < -0.39 is 5.41 Å². The van der Waals surface area contributed by atoms with Crippen molar-refractivity contribution in [1.82, 2.24) is 0 Å². The standard InChI is InChI=1S/C16H16N2O2/c17-8-16(9-20-10-16)13-6-11-2-1-5-18-14(19)4-3-12(7-13)15(11)18/h6-7H,1-5,9-10H2. The zero-order chi connectivity index (χ0) is 13.7. The molecule has 1 aromatic rings. The Morgan fingerprint density at radius 3 is 2.60 bits per heavy atom. The maximum Gasteiger partial charge on any atom is 0.227 e. The van der Waals surface area contributed by atoms with E-state index >= 15 is 0 Å². The third-order valence-electron chi connectivity index (χ3n) is 4.74. The Hall–Kier alpha value is -1.86. The van der Waals surface area contributed by atoms with Crippen LogP contribution >= 0.6 is 0 Å². The molecule has 1 aromatic carbocycles. The first-order valence-corrected chi connectivity index (χ1v) is 7.19. The molecule has 0 N–H and O–H groups in total. The second kappa shape index (κ2) is 4.07. The fourth-order valence-electron chi connectivity index (χ4n) is 3.53. The third kappa shape index (κ3) is 1.47. The van der Waals surface area contributed by atoms with E-state index in [4.69, 9.17) is 4.74 Å². The molecule has 20 heavy (non-hydrogen) atoms. The van der Waals surface area contributed by atoms with Crippen molar-refractivity contribution in [2.24, 2.45) is 0 Å². The number of carbonyl (C=O) groups is 1. The fourth-order valence-corrected chi connectivity index (χ4v) is 3.53. The van der Waals surface area contributed by atoms with Crippen LogP contribution in [0.1, 0.15) is 29.5 Å². The molecule has 0 bridgehead atoms. The van der Waals surface area contributed by atoms with Crippen LogP contribution in [-0.2, 0) is 27.8 Å². The van der Waals surface area contributed by atoms with Gasteiger partial charge >= 0.3 is 0 Å². The SMILES string of the molecule is N#CC1(c2cc3c4c(c2)CCC(=O)N4CCC3)COC1. The van der Waals surface area contributed by atoms with E-state index in [1.165, 1.54) is 11.1 Å². The molecule has 0 unspecified atom stereocenters. The van der Waals surface area contributed by atoms with Crippen LogP contribution < -0.4 is 4.90 Å². The van der Waals surface area contributed by atoms with Gasteiger partial charge in [-0.15, -0.1) is 0 Å². The molecule has 1 saturated heterocycles. The molecule has 1 fully saturated rings. The Morgan fingerprint density at radius 1 is 1.20 bits per heavy atom. The maximum absolute atomic E-state index is 12.0. The van der Waals surface area contributed by atoms with Gasteiger partial charge in [-0.1, -0.05) is 12.1 Å². The van der Waals surface area contributed by atoms with Crippen LogP contribution in [-0.4, -0.2) is 25.7 Å². The summed E-state index contributed by atoms with van der Waals surface area (Å²) in [6, 6.07) is 6.69. The van der Waals surface area contributed by atoms with Gasteiger partial charge in [0.1, 0.15) is 5.41 Å². The zero-order valence-corrected chi connectivity index (χ0v) is 11.3. The van der Waals surface area contributed by atoms with Crippen LogP contribution in [0.4, 0.5) is 5.69 Å². The van der Waals surface area contributed by atoms with E-state index in [1.807, 2.05) is 4.90 Å². The lowest BCUT2D eigenvalue weighted by atomic mass is 9.77. The van der Waals surface area contributed by atoms with Crippen LogP contribution in [0.5, 0.6) is 0 Å². The summed E-state index contributed by atoms with van der Waals surface area (Å²) < 4.78 is 5.27. The molecule has 102 valence electrons. The number of carbonyl (C=O) groups excluding carboxylic acids is 1. The number of nitrogens with zero attached hydrogens (tertiary/aromatic N) is 2. The summed E-state index contributed by atoms with van der Waals surface area (Å²) in [5.41, 5.74) is 4.22. The van der Waals surface area contributed by atoms with Crippen LogP contribution in [0.3, 0.4) is 0 Å². The molecule has 3 heterocycles. The smallest absolute Gasteiger partial charge is 0.227 e. The van der Waals surface area contributed by atoms with Crippen molar-refractivity contribution >= 4 is 11.6 Å². The van der Waals surface area contributed by atoms with Crippen molar-refractivity contribution in [3.63, 3.8) is 0 Å². The molecule has 4 heteroatoms. The number of hydrogen-bond acceptors (Lipinski definition) is 3. The van der Waals surface area contributed by atoms with Gasteiger partial charge in [-0.25, -0.2) is 0 Å². The van der Waals surface area contributed by atoms with E-state index in [-0.39, 0.29) is 5.91 Å². The Morgan fingerprint density at radius 2 is 1.95 bits per heavy atom. The second-order valence-corrected chi connectivity index (χ2v) is 5.98. The van der Waals surface area contributed by atoms with Gasteiger partial charge < -0.3 is 9.64 Å². The molecule has 0 aliphatic carbocycles. The van der Waals surface area contributed by atoms with Gasteiger partial charge in [0.05, 0.1) is 25.0 Å². The predicted octanol–water partition coefficient (Wildman–Crippen LogP) is 1.70. The largest absolute Gasteiger partial charge is 0.377 e. The van der Waals surface area contributed by atoms with Crippen molar-refractivity contribution in [2.45, 2.75) is 31.1 Å². The summed E-state index contributed by atoms with van der Waals surface area (Å²) in [7, 11) is 0. The van der Waals surface area contributed by atoms with E-state index in [9.17, 15) is 10.1 Å². The lowest BCUT2D eigenvalue weighted by Crippen LogP contribution is -2.46. The molecular formula is C16H16N2O2. The molecule has 0 spiro atoms. The highest BCUT2D eigenvalue weighted by Gasteiger charge is 2.42. The highest BCUT2D eigenvalue weighted by atomic mass is 16.5. The molecule has 0 aromatic heterocycles. The van der Waals surface area contributed by atoms with Crippen molar-refractivity contribution in [1.29, 1.82) is 5.26 Å². The van der Waals surface area contributed by atoms with Gasteiger partial charge in [0.25, 0.3) is 0 Å². The first kappa shape index (κ1) is 11.9. The number of anilines is 1. The summed E-state index contributed by atoms with van der Waals surface area (Å²) in [6.07, 6.45) is 3.40. The highest BCUT2D eigenvalue weighted by Crippen LogP contribution is 2.41. The minimum atomic E-state index is -0.463. The molecule has 3 aliphatic heterocycles. The minimum Gasteiger partial charge on any atom is -0.377 e. The summed E-state index contributed by atoms with van der Waals surface area (Å²) in [4.78, 5) is 14.0. The van der Waals surface area contributed by atoms with Gasteiger partial charge in [-0.2, -0.15) is 5.26 Å². The number of aryl methyl sites for hydroxylation is 2.